The summed E-state index contributed by atoms with van der Waals surface area (Å²) < 4.78 is 17.5. The molecule has 4 rings (SSSR count). The van der Waals surface area contributed by atoms with Crippen LogP contribution in [0.3, 0.4) is 0 Å². The second kappa shape index (κ2) is 7.14. The molecule has 0 spiro atoms. The summed E-state index contributed by atoms with van der Waals surface area (Å²) >= 11 is 20.6. The molecular formula is C21H18Cl3FN3P. The number of hydrogen-bond donors (Lipinski definition) is 0. The number of anilines is 2. The van der Waals surface area contributed by atoms with E-state index in [-0.39, 0.29) is 5.69 Å². The average Bonchev–Trinajstić information content (AvgIpc) is 2.66. The van der Waals surface area contributed by atoms with Crippen LogP contribution in [0.25, 0.3) is 0 Å². The number of aryl methyl sites for hydroxylation is 2. The number of hydrogen-bond acceptors (Lipinski definition) is 1. The molecule has 1 aliphatic rings. The summed E-state index contributed by atoms with van der Waals surface area (Å²) in [5, 5.41) is 0. The first-order valence-corrected chi connectivity index (χ1v) is 13.8. The second-order valence-corrected chi connectivity index (χ2v) is 16.5. The number of benzene rings is 3. The van der Waals surface area contributed by atoms with Gasteiger partial charge in [0.15, 0.2) is 0 Å². The molecule has 29 heavy (non-hydrogen) atoms. The van der Waals surface area contributed by atoms with Crippen LogP contribution in [-0.2, 0) is 0 Å². The molecule has 3 aromatic rings. The van der Waals surface area contributed by atoms with Gasteiger partial charge in [-0.3, -0.25) is 0 Å². The summed E-state index contributed by atoms with van der Waals surface area (Å²) in [6.45, 7) is 3.96. The van der Waals surface area contributed by atoms with Crippen LogP contribution in [0.2, 0.25) is 0 Å². The van der Waals surface area contributed by atoms with Crippen LogP contribution < -0.4 is 9.34 Å². The first kappa shape index (κ1) is 20.4. The molecule has 150 valence electrons. The van der Waals surface area contributed by atoms with Gasteiger partial charge >= 0.3 is 184 Å². The van der Waals surface area contributed by atoms with Crippen LogP contribution in [0.1, 0.15) is 11.1 Å². The number of halogens is 4. The number of rotatable bonds is 3. The van der Waals surface area contributed by atoms with Gasteiger partial charge in [0.05, 0.1) is 0 Å². The number of aliphatic imine (C=N–C) groups is 1. The van der Waals surface area contributed by atoms with Gasteiger partial charge in [-0.1, -0.05) is 0 Å². The predicted octanol–water partition coefficient (Wildman–Crippen LogP) is 8.30. The quantitative estimate of drug-likeness (QED) is 0.360. The topological polar surface area (TPSA) is 18.8 Å². The van der Waals surface area contributed by atoms with Crippen LogP contribution in [0.4, 0.5) is 21.5 Å². The van der Waals surface area contributed by atoms with E-state index in [9.17, 15) is 4.39 Å². The molecule has 3 aromatic carbocycles. The van der Waals surface area contributed by atoms with Crippen molar-refractivity contribution in [1.82, 2.24) is 0 Å². The molecule has 0 atom stereocenters. The molecule has 0 bridgehead atoms. The summed E-state index contributed by atoms with van der Waals surface area (Å²) in [6, 6.07) is 21.5. The predicted molar refractivity (Wildman–Crippen MR) is 125 cm³/mol. The van der Waals surface area contributed by atoms with E-state index in [2.05, 4.69) is 4.99 Å². The summed E-state index contributed by atoms with van der Waals surface area (Å²) in [4.78, 5) is 0.415. The standard InChI is InChI=1S/C21H18Cl3FN3P/c1-15-7-11-17(12-8-15)27-21(26-20-6-4-3-5-19(20)25)28(29(27,22,23)24)18-13-9-16(2)10-14-18/h3-14H,1-2H3. The Labute approximate surface area is 183 Å². The Hall–Kier alpha value is -1.84. The zero-order valence-electron chi connectivity index (χ0n) is 15.7. The van der Waals surface area contributed by atoms with E-state index in [1.165, 1.54) is 6.07 Å². The Morgan fingerprint density at radius 1 is 0.724 bits per heavy atom. The van der Waals surface area contributed by atoms with Gasteiger partial charge in [0.25, 0.3) is 0 Å². The number of para-hydroxylation sites is 1. The van der Waals surface area contributed by atoms with Crippen molar-refractivity contribution < 1.29 is 4.39 Å². The van der Waals surface area contributed by atoms with Crippen LogP contribution in [0.5, 0.6) is 0 Å². The van der Waals surface area contributed by atoms with E-state index in [0.717, 1.165) is 11.1 Å². The molecule has 1 heterocycles. The third-order valence-electron chi connectivity index (χ3n) is 4.64. The summed E-state index contributed by atoms with van der Waals surface area (Å²) in [7, 11) is 0. The van der Waals surface area contributed by atoms with Gasteiger partial charge in [0, 0.05) is 0 Å². The fraction of sp³-hybridized carbons (Fsp3) is 0.0952. The molecule has 1 fully saturated rings. The van der Waals surface area contributed by atoms with Crippen molar-refractivity contribution in [3.05, 3.63) is 89.7 Å². The van der Waals surface area contributed by atoms with E-state index in [1.54, 1.807) is 27.5 Å². The zero-order chi connectivity index (χ0) is 20.8. The molecule has 0 aromatic heterocycles. The van der Waals surface area contributed by atoms with E-state index in [0.29, 0.717) is 17.3 Å². The molecule has 0 aliphatic carbocycles. The molecule has 0 saturated carbocycles. The normalized spacial score (nSPS) is 18.6. The van der Waals surface area contributed by atoms with Crippen molar-refractivity contribution in [1.29, 1.82) is 0 Å². The number of guanidine groups is 1. The zero-order valence-corrected chi connectivity index (χ0v) is 18.9. The van der Waals surface area contributed by atoms with Crippen molar-refractivity contribution in [3.8, 4) is 0 Å². The molecule has 0 N–H and O–H groups in total. The molecule has 0 radical (unpaired) electrons. The maximum atomic E-state index is 14.3. The minimum absolute atomic E-state index is 0.174. The van der Waals surface area contributed by atoms with Crippen molar-refractivity contribution in [2.24, 2.45) is 4.99 Å². The first-order valence-electron chi connectivity index (χ1n) is 8.91. The van der Waals surface area contributed by atoms with Gasteiger partial charge in [-0.15, -0.1) is 0 Å². The molecule has 3 nitrogen and oxygen atoms in total. The third kappa shape index (κ3) is 3.60. The Balaban J connectivity index is 1.90. The van der Waals surface area contributed by atoms with Crippen LogP contribution in [-0.4, -0.2) is 5.96 Å². The molecule has 1 saturated heterocycles. The first-order chi connectivity index (χ1) is 13.7. The minimum atomic E-state index is -4.12. The molecule has 0 amide bonds. The summed E-state index contributed by atoms with van der Waals surface area (Å²) in [6.07, 6.45) is 0. The maximum absolute atomic E-state index is 14.3. The van der Waals surface area contributed by atoms with E-state index in [1.807, 2.05) is 62.4 Å². The summed E-state index contributed by atoms with van der Waals surface area (Å²) in [5.41, 5.74) is 3.71. The van der Waals surface area contributed by atoms with E-state index < -0.39 is 10.8 Å². The SMILES string of the molecule is Cc1ccc(N2C(=Nc3ccccc3F)N(c3ccc(C)cc3)P2(Cl)(Cl)Cl)cc1. The van der Waals surface area contributed by atoms with Crippen LogP contribution in [0, 0.1) is 19.7 Å². The van der Waals surface area contributed by atoms with Gasteiger partial charge in [-0.05, 0) is 0 Å². The van der Waals surface area contributed by atoms with Gasteiger partial charge < -0.3 is 0 Å². The monoisotopic (exact) mass is 467 g/mol. The Kier molecular flexibility index (Phi) is 5.03. The Morgan fingerprint density at radius 3 is 1.62 bits per heavy atom. The van der Waals surface area contributed by atoms with Gasteiger partial charge in [0.1, 0.15) is 0 Å². The van der Waals surface area contributed by atoms with Gasteiger partial charge in [0.2, 0.25) is 0 Å². The van der Waals surface area contributed by atoms with Crippen molar-refractivity contribution in [2.45, 2.75) is 13.8 Å². The van der Waals surface area contributed by atoms with Crippen molar-refractivity contribution in [3.63, 3.8) is 0 Å². The fourth-order valence-corrected chi connectivity index (χ4v) is 7.81. The summed E-state index contributed by atoms with van der Waals surface area (Å²) in [5.74, 6) is -0.0841. The molecule has 0 unspecified atom stereocenters. The second-order valence-electron chi connectivity index (χ2n) is 6.89. The Bertz CT molecular complexity index is 1030. The van der Waals surface area contributed by atoms with Crippen molar-refractivity contribution >= 4 is 61.7 Å². The average molecular weight is 469 g/mol. The van der Waals surface area contributed by atoms with Gasteiger partial charge in [-0.2, -0.15) is 0 Å². The fourth-order valence-electron chi connectivity index (χ4n) is 3.14. The van der Waals surface area contributed by atoms with Crippen LogP contribution in [0.15, 0.2) is 77.8 Å². The van der Waals surface area contributed by atoms with Crippen LogP contribution >= 0.6 is 38.7 Å². The Morgan fingerprint density at radius 2 is 1.17 bits per heavy atom. The third-order valence-corrected chi connectivity index (χ3v) is 9.45. The molecular weight excluding hydrogens is 451 g/mol. The van der Waals surface area contributed by atoms with Crippen molar-refractivity contribution in [2.75, 3.05) is 9.34 Å². The van der Waals surface area contributed by atoms with E-state index >= 15 is 0 Å². The number of nitrogens with zero attached hydrogens (tertiary/aromatic N) is 3. The molecule has 1 aliphatic heterocycles. The van der Waals surface area contributed by atoms with E-state index in [4.69, 9.17) is 33.7 Å². The molecule has 8 heteroatoms. The van der Waals surface area contributed by atoms with Gasteiger partial charge in [-0.25, -0.2) is 0 Å².